The molecule has 0 unspecified atom stereocenters. The summed E-state index contributed by atoms with van der Waals surface area (Å²) in [6.45, 7) is 15.8. The molecule has 0 N–H and O–H groups in total. The summed E-state index contributed by atoms with van der Waals surface area (Å²) in [4.78, 5) is 0. The fraction of sp³-hybridized carbons (Fsp3) is 0.333. The zero-order chi connectivity index (χ0) is 8.12. The third kappa shape index (κ3) is 4670. The maximum absolute atomic E-state index is 3.36. The molecule has 0 aliphatic carbocycles. The Hall–Kier alpha value is -0.274. The van der Waals surface area contributed by atoms with Crippen LogP contribution in [0.2, 0.25) is 0 Å². The van der Waals surface area contributed by atoms with Gasteiger partial charge in [-0.3, -0.25) is 0 Å². The van der Waals surface area contributed by atoms with E-state index in [9.17, 15) is 0 Å². The van der Waals surface area contributed by atoms with Crippen LogP contribution >= 0.6 is 0 Å². The molecule has 0 aromatic rings. The minimum atomic E-state index is 0. The normalized spacial score (nSPS) is 3.90. The fourth-order valence-corrected chi connectivity index (χ4v) is 0. The van der Waals surface area contributed by atoms with E-state index in [0.29, 0.717) is 0 Å². The first-order chi connectivity index (χ1) is 4.24. The van der Waals surface area contributed by atoms with Crippen molar-refractivity contribution < 1.29 is 16.8 Å². The van der Waals surface area contributed by atoms with E-state index >= 15 is 0 Å². The molecule has 0 aromatic heterocycles. The SMILES string of the molecule is C=CC.C=CC.C=CC.[Co+3]. The molecule has 10 heavy (non-hydrogen) atoms. The van der Waals surface area contributed by atoms with Crippen LogP contribution in [0.5, 0.6) is 0 Å². The summed E-state index contributed by atoms with van der Waals surface area (Å²) >= 11 is 0. The molecule has 0 aliphatic rings. The predicted molar refractivity (Wildman–Crippen MR) is 47.6 cm³/mol. The summed E-state index contributed by atoms with van der Waals surface area (Å²) in [6, 6.07) is 0. The Morgan fingerprint density at radius 1 is 0.700 bits per heavy atom. The van der Waals surface area contributed by atoms with Gasteiger partial charge in [-0.05, 0) is 20.8 Å². The smallest absolute Gasteiger partial charge is 0.103 e. The van der Waals surface area contributed by atoms with E-state index in [0.717, 1.165) is 0 Å². The van der Waals surface area contributed by atoms with Crippen LogP contribution in [0.3, 0.4) is 0 Å². The van der Waals surface area contributed by atoms with Gasteiger partial charge in [-0.1, -0.05) is 18.2 Å². The minimum absolute atomic E-state index is 0. The van der Waals surface area contributed by atoms with Crippen LogP contribution in [-0.2, 0) is 16.8 Å². The largest absolute Gasteiger partial charge is 3.00 e. The molecule has 60 valence electrons. The van der Waals surface area contributed by atoms with E-state index in [4.69, 9.17) is 0 Å². The zero-order valence-corrected chi connectivity index (χ0v) is 8.23. The van der Waals surface area contributed by atoms with Crippen LogP contribution in [0, 0.1) is 0 Å². The Balaban J connectivity index is -0.0000000257. The predicted octanol–water partition coefficient (Wildman–Crippen LogP) is 3.57. The van der Waals surface area contributed by atoms with Crippen LogP contribution in [0.1, 0.15) is 20.8 Å². The summed E-state index contributed by atoms with van der Waals surface area (Å²) in [7, 11) is 0. The topological polar surface area (TPSA) is 0 Å². The molecule has 0 saturated carbocycles. The Labute approximate surface area is 75.9 Å². The number of hydrogen-bond donors (Lipinski definition) is 0. The molecule has 0 amide bonds. The Kier molecular flexibility index (Phi) is 158. The zero-order valence-electron chi connectivity index (χ0n) is 7.19. The summed E-state index contributed by atoms with van der Waals surface area (Å²) < 4.78 is 0. The molecule has 0 nitrogen and oxygen atoms in total. The summed E-state index contributed by atoms with van der Waals surface area (Å²) in [5.74, 6) is 0. The van der Waals surface area contributed by atoms with Gasteiger partial charge in [0.15, 0.2) is 0 Å². The van der Waals surface area contributed by atoms with E-state index in [1.54, 1.807) is 18.2 Å². The second kappa shape index (κ2) is 70.1. The van der Waals surface area contributed by atoms with Gasteiger partial charge in [0.2, 0.25) is 0 Å². The first-order valence-corrected chi connectivity index (χ1v) is 2.96. The van der Waals surface area contributed by atoms with E-state index in [1.165, 1.54) is 0 Å². The van der Waals surface area contributed by atoms with Gasteiger partial charge >= 0.3 is 16.8 Å². The number of allylic oxidation sites excluding steroid dienone is 3. The van der Waals surface area contributed by atoms with Crippen molar-refractivity contribution in [3.8, 4) is 0 Å². The van der Waals surface area contributed by atoms with Crippen LogP contribution in [0.25, 0.3) is 0 Å². The number of hydrogen-bond acceptors (Lipinski definition) is 0. The average molecular weight is 185 g/mol. The van der Waals surface area contributed by atoms with Gasteiger partial charge in [-0.25, -0.2) is 0 Å². The van der Waals surface area contributed by atoms with Gasteiger partial charge in [0, 0.05) is 0 Å². The van der Waals surface area contributed by atoms with Crippen molar-refractivity contribution in [3.05, 3.63) is 38.0 Å². The van der Waals surface area contributed by atoms with Crippen molar-refractivity contribution >= 4 is 0 Å². The second-order valence-electron chi connectivity index (χ2n) is 1.22. The molecular formula is C9H18Co+3. The fourth-order valence-electron chi connectivity index (χ4n) is 0. The Morgan fingerprint density at radius 3 is 0.700 bits per heavy atom. The Bertz CT molecular complexity index is 41.5. The second-order valence-corrected chi connectivity index (χ2v) is 1.22. The molecule has 0 radical (unpaired) electrons. The summed E-state index contributed by atoms with van der Waals surface area (Å²) in [5, 5.41) is 0. The van der Waals surface area contributed by atoms with Crippen LogP contribution < -0.4 is 0 Å². The van der Waals surface area contributed by atoms with Crippen LogP contribution in [0.15, 0.2) is 38.0 Å². The number of rotatable bonds is 0. The van der Waals surface area contributed by atoms with Gasteiger partial charge in [0.05, 0.1) is 0 Å². The van der Waals surface area contributed by atoms with Gasteiger partial charge in [-0.2, -0.15) is 0 Å². The van der Waals surface area contributed by atoms with Crippen molar-refractivity contribution in [3.63, 3.8) is 0 Å². The standard InChI is InChI=1S/3C3H6.Co/c3*1-3-2;/h3*3H,1H2,2H3;/q;;;+3. The van der Waals surface area contributed by atoms with Gasteiger partial charge in [0.1, 0.15) is 0 Å². The van der Waals surface area contributed by atoms with E-state index in [1.807, 2.05) is 20.8 Å². The van der Waals surface area contributed by atoms with Crippen molar-refractivity contribution in [2.24, 2.45) is 0 Å². The maximum Gasteiger partial charge on any atom is 3.00 e. The molecule has 0 aliphatic heterocycles. The quantitative estimate of drug-likeness (QED) is 0.506. The minimum Gasteiger partial charge on any atom is -0.103 e. The first kappa shape index (κ1) is 22.6. The van der Waals surface area contributed by atoms with E-state index < -0.39 is 0 Å². The van der Waals surface area contributed by atoms with Crippen LogP contribution in [-0.4, -0.2) is 0 Å². The molecule has 0 bridgehead atoms. The first-order valence-electron chi connectivity index (χ1n) is 2.96. The van der Waals surface area contributed by atoms with Crippen LogP contribution in [0.4, 0.5) is 0 Å². The maximum atomic E-state index is 3.36. The third-order valence-corrected chi connectivity index (χ3v) is 0. The average Bonchev–Trinajstić information content (AvgIpc) is 1.70. The molecule has 0 atom stereocenters. The van der Waals surface area contributed by atoms with Gasteiger partial charge in [-0.15, -0.1) is 19.7 Å². The molecule has 0 rings (SSSR count). The van der Waals surface area contributed by atoms with Gasteiger partial charge in [0.25, 0.3) is 0 Å². The summed E-state index contributed by atoms with van der Waals surface area (Å²) in [6.07, 6.45) is 5.25. The van der Waals surface area contributed by atoms with Crippen molar-refractivity contribution in [1.29, 1.82) is 0 Å². The molecular weight excluding hydrogens is 167 g/mol. The third-order valence-electron chi connectivity index (χ3n) is 0. The molecule has 0 heterocycles. The monoisotopic (exact) mass is 185 g/mol. The molecule has 0 spiro atoms. The van der Waals surface area contributed by atoms with Crippen molar-refractivity contribution in [2.45, 2.75) is 20.8 Å². The molecule has 0 saturated heterocycles. The van der Waals surface area contributed by atoms with E-state index in [-0.39, 0.29) is 16.8 Å². The molecule has 1 heteroatoms. The van der Waals surface area contributed by atoms with Gasteiger partial charge < -0.3 is 0 Å². The molecule has 0 fully saturated rings. The molecule has 0 aromatic carbocycles. The van der Waals surface area contributed by atoms with E-state index in [2.05, 4.69) is 19.7 Å². The Morgan fingerprint density at radius 2 is 0.700 bits per heavy atom. The van der Waals surface area contributed by atoms with Crippen molar-refractivity contribution in [1.82, 2.24) is 0 Å². The summed E-state index contributed by atoms with van der Waals surface area (Å²) in [5.41, 5.74) is 0. The van der Waals surface area contributed by atoms with Crippen molar-refractivity contribution in [2.75, 3.05) is 0 Å².